The number of nitrogens with zero attached hydrogens (tertiary/aromatic N) is 1. The maximum absolute atomic E-state index is 11.4. The largest absolute Gasteiger partial charge is 0.478 e. The molecule has 0 atom stereocenters. The fraction of sp³-hybridized carbons (Fsp3) is 0. The van der Waals surface area contributed by atoms with Crippen LogP contribution < -0.4 is 0 Å². The van der Waals surface area contributed by atoms with Crippen molar-refractivity contribution in [3.8, 4) is 0 Å². The minimum atomic E-state index is -1.20. The van der Waals surface area contributed by atoms with E-state index in [1.165, 1.54) is 36.4 Å². The Morgan fingerprint density at radius 3 is 2.23 bits per heavy atom. The molecule has 0 aliphatic heterocycles. The van der Waals surface area contributed by atoms with Gasteiger partial charge in [0.25, 0.3) is 5.69 Å². The van der Waals surface area contributed by atoms with Crippen LogP contribution in [0.2, 0.25) is 10.0 Å². The van der Waals surface area contributed by atoms with Gasteiger partial charge in [0.1, 0.15) is 0 Å². The molecule has 5 nitrogen and oxygen atoms in total. The first-order chi connectivity index (χ1) is 10.4. The van der Waals surface area contributed by atoms with E-state index in [0.29, 0.717) is 10.6 Å². The molecule has 0 fully saturated rings. The van der Waals surface area contributed by atoms with E-state index in [1.54, 1.807) is 12.1 Å². The highest BCUT2D eigenvalue weighted by Gasteiger charge is 2.16. The number of hydrogen-bond acceptors (Lipinski definition) is 3. The minimum absolute atomic E-state index is 0.0814. The Morgan fingerprint density at radius 2 is 1.68 bits per heavy atom. The topological polar surface area (TPSA) is 80.4 Å². The van der Waals surface area contributed by atoms with Crippen LogP contribution in [0.5, 0.6) is 0 Å². The molecule has 0 aliphatic carbocycles. The maximum atomic E-state index is 11.4. The Kier molecular flexibility index (Phi) is 4.80. The summed E-state index contributed by atoms with van der Waals surface area (Å²) in [6, 6.07) is 10.2. The molecular weight excluding hydrogens is 329 g/mol. The second-order valence-corrected chi connectivity index (χ2v) is 5.20. The van der Waals surface area contributed by atoms with Gasteiger partial charge in [0.05, 0.1) is 16.1 Å². The maximum Gasteiger partial charge on any atom is 0.336 e. The Bertz CT molecular complexity index is 770. The van der Waals surface area contributed by atoms with Crippen LogP contribution in [0, 0.1) is 10.1 Å². The van der Waals surface area contributed by atoms with E-state index in [0.717, 1.165) is 0 Å². The summed E-state index contributed by atoms with van der Waals surface area (Å²) in [5.74, 6) is -1.20. The van der Waals surface area contributed by atoms with Crippen LogP contribution in [0.25, 0.3) is 11.6 Å². The molecule has 0 spiro atoms. The molecular formula is C15H9Cl2NO4. The fourth-order valence-electron chi connectivity index (χ4n) is 1.85. The van der Waals surface area contributed by atoms with Crippen molar-refractivity contribution in [2.75, 3.05) is 0 Å². The van der Waals surface area contributed by atoms with Gasteiger partial charge in [-0.3, -0.25) is 10.1 Å². The molecule has 2 aromatic carbocycles. The lowest BCUT2D eigenvalue weighted by atomic mass is 10.0. The summed E-state index contributed by atoms with van der Waals surface area (Å²) in [5.41, 5.74) is 0.199. The molecule has 0 heterocycles. The number of benzene rings is 2. The Labute approximate surface area is 135 Å². The number of halogens is 2. The van der Waals surface area contributed by atoms with Gasteiger partial charge in [-0.25, -0.2) is 4.79 Å². The van der Waals surface area contributed by atoms with Gasteiger partial charge >= 0.3 is 5.97 Å². The van der Waals surface area contributed by atoms with Crippen molar-refractivity contribution in [1.82, 2.24) is 0 Å². The fourth-order valence-corrected chi connectivity index (χ4v) is 2.14. The van der Waals surface area contributed by atoms with Crippen LogP contribution in [0.1, 0.15) is 11.1 Å². The highest BCUT2D eigenvalue weighted by atomic mass is 35.5. The lowest BCUT2D eigenvalue weighted by Gasteiger charge is -2.04. The monoisotopic (exact) mass is 337 g/mol. The van der Waals surface area contributed by atoms with E-state index in [4.69, 9.17) is 23.2 Å². The van der Waals surface area contributed by atoms with Crippen LogP contribution in [-0.2, 0) is 4.79 Å². The van der Waals surface area contributed by atoms with E-state index in [9.17, 15) is 20.0 Å². The van der Waals surface area contributed by atoms with Crippen LogP contribution in [-0.4, -0.2) is 16.0 Å². The van der Waals surface area contributed by atoms with Gasteiger partial charge in [-0.1, -0.05) is 35.3 Å². The molecule has 0 saturated carbocycles. The third-order valence-electron chi connectivity index (χ3n) is 2.87. The van der Waals surface area contributed by atoms with Crippen molar-refractivity contribution >= 4 is 46.5 Å². The number of rotatable bonds is 4. The Hall–Kier alpha value is -2.37. The normalized spacial score (nSPS) is 11.3. The van der Waals surface area contributed by atoms with Crippen molar-refractivity contribution in [3.05, 3.63) is 73.8 Å². The molecule has 0 saturated heterocycles. The van der Waals surface area contributed by atoms with Crippen molar-refractivity contribution < 1.29 is 14.8 Å². The zero-order valence-electron chi connectivity index (χ0n) is 11.0. The molecule has 2 rings (SSSR count). The molecule has 0 unspecified atom stereocenters. The van der Waals surface area contributed by atoms with Crippen molar-refractivity contribution in [2.24, 2.45) is 0 Å². The van der Waals surface area contributed by atoms with E-state index in [-0.39, 0.29) is 21.8 Å². The molecule has 0 bridgehead atoms. The van der Waals surface area contributed by atoms with Gasteiger partial charge in [0.15, 0.2) is 0 Å². The van der Waals surface area contributed by atoms with E-state index >= 15 is 0 Å². The molecule has 112 valence electrons. The van der Waals surface area contributed by atoms with Crippen molar-refractivity contribution in [2.45, 2.75) is 0 Å². The molecule has 7 heteroatoms. The van der Waals surface area contributed by atoms with Gasteiger partial charge in [0, 0.05) is 16.1 Å². The average molecular weight is 338 g/mol. The molecule has 2 aromatic rings. The number of aliphatic carboxylic acids is 1. The summed E-state index contributed by atoms with van der Waals surface area (Å²) in [5, 5.41) is 21.1. The number of nitro groups is 1. The van der Waals surface area contributed by atoms with Crippen LogP contribution >= 0.6 is 23.2 Å². The minimum Gasteiger partial charge on any atom is -0.478 e. The highest BCUT2D eigenvalue weighted by Crippen LogP contribution is 2.28. The van der Waals surface area contributed by atoms with Gasteiger partial charge in [-0.15, -0.1) is 0 Å². The molecule has 0 aromatic heterocycles. The Balaban J connectivity index is 2.59. The summed E-state index contributed by atoms with van der Waals surface area (Å²) in [7, 11) is 0. The van der Waals surface area contributed by atoms with Crippen LogP contribution in [0.4, 0.5) is 5.69 Å². The third-order valence-corrected chi connectivity index (χ3v) is 3.36. The first-order valence-electron chi connectivity index (χ1n) is 6.03. The predicted molar refractivity (Wildman–Crippen MR) is 85.1 cm³/mol. The first-order valence-corrected chi connectivity index (χ1v) is 6.79. The van der Waals surface area contributed by atoms with E-state index in [2.05, 4.69) is 0 Å². The van der Waals surface area contributed by atoms with Gasteiger partial charge in [-0.2, -0.15) is 0 Å². The summed E-state index contributed by atoms with van der Waals surface area (Å²) < 4.78 is 0. The molecule has 0 aliphatic rings. The second-order valence-electron chi connectivity index (χ2n) is 4.33. The molecule has 22 heavy (non-hydrogen) atoms. The summed E-state index contributed by atoms with van der Waals surface area (Å²) in [4.78, 5) is 21.9. The second kappa shape index (κ2) is 6.60. The zero-order valence-corrected chi connectivity index (χ0v) is 12.5. The zero-order chi connectivity index (χ0) is 16.3. The Morgan fingerprint density at radius 1 is 1.09 bits per heavy atom. The molecule has 1 N–H and O–H groups in total. The number of carboxylic acids is 1. The van der Waals surface area contributed by atoms with E-state index < -0.39 is 10.9 Å². The van der Waals surface area contributed by atoms with Gasteiger partial charge in [0.2, 0.25) is 0 Å². The molecule has 0 radical (unpaired) electrons. The van der Waals surface area contributed by atoms with Gasteiger partial charge in [-0.05, 0) is 35.9 Å². The summed E-state index contributed by atoms with van der Waals surface area (Å²) >= 11 is 11.5. The SMILES string of the molecule is O=C(O)/C(=C\c1ccc(Cl)cc1[N+](=O)[O-])c1ccc(Cl)cc1. The quantitative estimate of drug-likeness (QED) is 0.384. The summed E-state index contributed by atoms with van der Waals surface area (Å²) in [6.45, 7) is 0. The predicted octanol–water partition coefficient (Wildman–Crippen LogP) is 4.53. The van der Waals surface area contributed by atoms with Crippen molar-refractivity contribution in [3.63, 3.8) is 0 Å². The number of nitro benzene ring substituents is 1. The average Bonchev–Trinajstić information content (AvgIpc) is 2.46. The first kappa shape index (κ1) is 16.0. The lowest BCUT2D eigenvalue weighted by Crippen LogP contribution is -2.00. The number of carbonyl (C=O) groups is 1. The highest BCUT2D eigenvalue weighted by molar-refractivity contribution is 6.31. The van der Waals surface area contributed by atoms with Gasteiger partial charge < -0.3 is 5.11 Å². The smallest absolute Gasteiger partial charge is 0.336 e. The van der Waals surface area contributed by atoms with Crippen LogP contribution in [0.15, 0.2) is 42.5 Å². The van der Waals surface area contributed by atoms with E-state index in [1.807, 2.05) is 0 Å². The number of carboxylic acid groups (broad SMARTS) is 1. The van der Waals surface area contributed by atoms with Crippen LogP contribution in [0.3, 0.4) is 0 Å². The summed E-state index contributed by atoms with van der Waals surface area (Å²) in [6.07, 6.45) is 1.24. The lowest BCUT2D eigenvalue weighted by molar-refractivity contribution is -0.385. The third kappa shape index (κ3) is 3.63. The number of hydrogen-bond donors (Lipinski definition) is 1. The standard InChI is InChI=1S/C15H9Cl2NO4/c16-11-4-1-9(2-5-11)13(15(19)20)7-10-3-6-12(17)8-14(10)18(21)22/h1-8H,(H,19,20)/b13-7-. The molecule has 0 amide bonds. The van der Waals surface area contributed by atoms with Crippen molar-refractivity contribution in [1.29, 1.82) is 0 Å².